The minimum Gasteiger partial charge on any atom is -0.461 e. The second-order valence-electron chi connectivity index (χ2n) is 9.83. The van der Waals surface area contributed by atoms with Crippen molar-refractivity contribution < 1.29 is 4.74 Å². The van der Waals surface area contributed by atoms with Crippen LogP contribution < -0.4 is 4.74 Å². The molecule has 0 saturated heterocycles. The van der Waals surface area contributed by atoms with Crippen LogP contribution in [0.3, 0.4) is 0 Å². The first-order valence-electron chi connectivity index (χ1n) is 11.9. The van der Waals surface area contributed by atoms with E-state index in [1.165, 1.54) is 92.4 Å². The molecule has 0 fully saturated rings. The lowest BCUT2D eigenvalue weighted by atomic mass is 9.82. The molecular formula is C27H44O. The summed E-state index contributed by atoms with van der Waals surface area (Å²) in [7, 11) is 0. The summed E-state index contributed by atoms with van der Waals surface area (Å²) in [5.74, 6) is 2.46. The predicted molar refractivity (Wildman–Crippen MR) is 123 cm³/mol. The van der Waals surface area contributed by atoms with Gasteiger partial charge < -0.3 is 4.74 Å². The number of allylic oxidation sites excluding steroid dienone is 2. The SMILES string of the molecule is CCCCCCCC1=C(CCCCCC)Oc2c(cc(C)cc2C(C)(C)C)C1. The average molecular weight is 385 g/mol. The van der Waals surface area contributed by atoms with Crippen LogP contribution >= 0.6 is 0 Å². The summed E-state index contributed by atoms with van der Waals surface area (Å²) >= 11 is 0. The summed E-state index contributed by atoms with van der Waals surface area (Å²) in [6.45, 7) is 13.7. The van der Waals surface area contributed by atoms with Crippen molar-refractivity contribution in [2.75, 3.05) is 0 Å². The topological polar surface area (TPSA) is 9.23 Å². The van der Waals surface area contributed by atoms with E-state index in [2.05, 4.69) is 53.7 Å². The van der Waals surface area contributed by atoms with Gasteiger partial charge in [-0.2, -0.15) is 0 Å². The summed E-state index contributed by atoms with van der Waals surface area (Å²) < 4.78 is 6.70. The van der Waals surface area contributed by atoms with E-state index in [-0.39, 0.29) is 5.41 Å². The molecule has 28 heavy (non-hydrogen) atoms. The first kappa shape index (κ1) is 23.0. The minimum atomic E-state index is 0.112. The quantitative estimate of drug-likeness (QED) is 0.346. The van der Waals surface area contributed by atoms with Crippen LogP contribution in [0.2, 0.25) is 0 Å². The Labute approximate surface area is 175 Å². The van der Waals surface area contributed by atoms with Gasteiger partial charge in [0.2, 0.25) is 0 Å². The van der Waals surface area contributed by atoms with Gasteiger partial charge in [0, 0.05) is 18.4 Å². The molecule has 1 heterocycles. The van der Waals surface area contributed by atoms with E-state index < -0.39 is 0 Å². The summed E-state index contributed by atoms with van der Waals surface area (Å²) in [6.07, 6.45) is 15.4. The molecule has 158 valence electrons. The van der Waals surface area contributed by atoms with Crippen molar-refractivity contribution in [3.05, 3.63) is 40.2 Å². The Morgan fingerprint density at radius 1 is 0.821 bits per heavy atom. The molecule has 1 heteroatoms. The minimum absolute atomic E-state index is 0.112. The molecule has 1 aliphatic rings. The normalized spacial score (nSPS) is 14.2. The molecule has 1 aromatic rings. The molecule has 0 amide bonds. The van der Waals surface area contributed by atoms with Crippen LogP contribution in [0.1, 0.15) is 122 Å². The second kappa shape index (κ2) is 11.1. The largest absolute Gasteiger partial charge is 0.461 e. The number of hydrogen-bond acceptors (Lipinski definition) is 1. The highest BCUT2D eigenvalue weighted by atomic mass is 16.5. The van der Waals surface area contributed by atoms with E-state index in [1.54, 1.807) is 5.57 Å². The number of ether oxygens (including phenoxy) is 1. The van der Waals surface area contributed by atoms with Crippen molar-refractivity contribution in [3.8, 4) is 5.75 Å². The third kappa shape index (κ3) is 6.68. The van der Waals surface area contributed by atoms with Gasteiger partial charge in [0.15, 0.2) is 0 Å². The number of hydrogen-bond donors (Lipinski definition) is 0. The van der Waals surface area contributed by atoms with Crippen LogP contribution in [-0.2, 0) is 11.8 Å². The highest BCUT2D eigenvalue weighted by molar-refractivity contribution is 5.52. The Morgan fingerprint density at radius 2 is 1.43 bits per heavy atom. The molecule has 0 radical (unpaired) electrons. The van der Waals surface area contributed by atoms with Crippen LogP contribution in [0.25, 0.3) is 0 Å². The number of rotatable bonds is 11. The zero-order chi connectivity index (χ0) is 20.6. The summed E-state index contributed by atoms with van der Waals surface area (Å²) in [5.41, 5.74) is 5.83. The molecule has 2 rings (SSSR count). The van der Waals surface area contributed by atoms with Gasteiger partial charge in [0.25, 0.3) is 0 Å². The second-order valence-corrected chi connectivity index (χ2v) is 9.83. The Balaban J connectivity index is 2.20. The van der Waals surface area contributed by atoms with Crippen LogP contribution in [0.4, 0.5) is 0 Å². The number of aryl methyl sites for hydroxylation is 1. The molecule has 1 aromatic carbocycles. The fourth-order valence-corrected chi connectivity index (χ4v) is 4.29. The number of fused-ring (bicyclic) bond motifs is 1. The van der Waals surface area contributed by atoms with Crippen LogP contribution in [0, 0.1) is 6.92 Å². The van der Waals surface area contributed by atoms with Crippen LogP contribution in [-0.4, -0.2) is 0 Å². The Bertz CT molecular complexity index is 645. The van der Waals surface area contributed by atoms with Gasteiger partial charge in [-0.05, 0) is 42.7 Å². The van der Waals surface area contributed by atoms with Gasteiger partial charge in [0.05, 0.1) is 0 Å². The number of unbranched alkanes of at least 4 members (excludes halogenated alkanes) is 7. The van der Waals surface area contributed by atoms with E-state index in [9.17, 15) is 0 Å². The van der Waals surface area contributed by atoms with Gasteiger partial charge in [-0.1, -0.05) is 97.3 Å². The van der Waals surface area contributed by atoms with Crippen molar-refractivity contribution in [1.82, 2.24) is 0 Å². The Kier molecular flexibility index (Phi) is 9.12. The van der Waals surface area contributed by atoms with E-state index in [4.69, 9.17) is 4.74 Å². The fraction of sp³-hybridized carbons (Fsp3) is 0.704. The first-order valence-corrected chi connectivity index (χ1v) is 11.9. The number of benzene rings is 1. The molecule has 1 aliphatic heterocycles. The highest BCUT2D eigenvalue weighted by Crippen LogP contribution is 2.42. The van der Waals surface area contributed by atoms with Gasteiger partial charge in [-0.15, -0.1) is 0 Å². The molecule has 0 saturated carbocycles. The van der Waals surface area contributed by atoms with E-state index >= 15 is 0 Å². The fourth-order valence-electron chi connectivity index (χ4n) is 4.29. The lowest BCUT2D eigenvalue weighted by Crippen LogP contribution is -2.19. The molecule has 0 aliphatic carbocycles. The van der Waals surface area contributed by atoms with Gasteiger partial charge in [0.1, 0.15) is 11.5 Å². The van der Waals surface area contributed by atoms with Gasteiger partial charge in [-0.25, -0.2) is 0 Å². The van der Waals surface area contributed by atoms with Crippen molar-refractivity contribution in [2.24, 2.45) is 0 Å². The van der Waals surface area contributed by atoms with Gasteiger partial charge >= 0.3 is 0 Å². The highest BCUT2D eigenvalue weighted by Gasteiger charge is 2.27. The van der Waals surface area contributed by atoms with E-state index in [0.717, 1.165) is 12.8 Å². The maximum absolute atomic E-state index is 6.70. The lowest BCUT2D eigenvalue weighted by molar-refractivity contribution is 0.357. The average Bonchev–Trinajstić information content (AvgIpc) is 2.63. The van der Waals surface area contributed by atoms with E-state index in [0.29, 0.717) is 0 Å². The van der Waals surface area contributed by atoms with Crippen molar-refractivity contribution >= 4 is 0 Å². The van der Waals surface area contributed by atoms with Crippen molar-refractivity contribution in [3.63, 3.8) is 0 Å². The molecule has 0 aromatic heterocycles. The van der Waals surface area contributed by atoms with Crippen LogP contribution in [0.5, 0.6) is 5.75 Å². The Hall–Kier alpha value is -1.24. The maximum Gasteiger partial charge on any atom is 0.134 e. The Morgan fingerprint density at radius 3 is 2.07 bits per heavy atom. The van der Waals surface area contributed by atoms with Crippen molar-refractivity contribution in [2.45, 2.75) is 124 Å². The van der Waals surface area contributed by atoms with E-state index in [1.807, 2.05) is 0 Å². The molecule has 0 spiro atoms. The molecule has 1 nitrogen and oxygen atoms in total. The van der Waals surface area contributed by atoms with Crippen LogP contribution in [0.15, 0.2) is 23.5 Å². The maximum atomic E-state index is 6.70. The summed E-state index contributed by atoms with van der Waals surface area (Å²) in [4.78, 5) is 0. The third-order valence-corrected chi connectivity index (χ3v) is 5.98. The zero-order valence-corrected chi connectivity index (χ0v) is 19.5. The lowest BCUT2D eigenvalue weighted by Gasteiger charge is -2.31. The third-order valence-electron chi connectivity index (χ3n) is 5.98. The smallest absolute Gasteiger partial charge is 0.134 e. The molecule has 0 bridgehead atoms. The standard InChI is InChI=1S/C27H44O/c1-7-9-11-13-14-16-22-20-23-18-21(3)19-24(27(4,5)6)26(23)28-25(22)17-15-12-10-8-2/h18-19H,7-17,20H2,1-6H3. The molecule has 0 atom stereocenters. The molecule has 0 N–H and O–H groups in total. The monoisotopic (exact) mass is 384 g/mol. The van der Waals surface area contributed by atoms with Crippen molar-refractivity contribution in [1.29, 1.82) is 0 Å². The van der Waals surface area contributed by atoms with Gasteiger partial charge in [-0.3, -0.25) is 0 Å². The molecule has 0 unspecified atom stereocenters. The first-order chi connectivity index (χ1) is 13.4. The molecular weight excluding hydrogens is 340 g/mol. The predicted octanol–water partition coefficient (Wildman–Crippen LogP) is 8.81. The zero-order valence-electron chi connectivity index (χ0n) is 19.5. The summed E-state index contributed by atoms with van der Waals surface area (Å²) in [6, 6.07) is 4.69. The summed E-state index contributed by atoms with van der Waals surface area (Å²) in [5, 5.41) is 0.